The highest BCUT2D eigenvalue weighted by molar-refractivity contribution is 5.79. The van der Waals surface area contributed by atoms with Crippen molar-refractivity contribution in [1.82, 2.24) is 4.98 Å². The maximum absolute atomic E-state index is 12.8. The van der Waals surface area contributed by atoms with E-state index in [4.69, 9.17) is 5.73 Å². The summed E-state index contributed by atoms with van der Waals surface area (Å²) < 4.78 is 38.5. The molecule has 2 rings (SSSR count). The highest BCUT2D eigenvalue weighted by Gasteiger charge is 2.34. The minimum Gasteiger partial charge on any atom is -0.398 e. The average molecular weight is 238 g/mol. The van der Waals surface area contributed by atoms with Gasteiger partial charge in [-0.2, -0.15) is 13.2 Å². The number of benzene rings is 1. The van der Waals surface area contributed by atoms with Crippen LogP contribution < -0.4 is 5.73 Å². The van der Waals surface area contributed by atoms with E-state index in [0.29, 0.717) is 5.56 Å². The van der Waals surface area contributed by atoms with Crippen molar-refractivity contribution in [3.05, 3.63) is 48.3 Å². The lowest BCUT2D eigenvalue weighted by atomic mass is 9.98. The summed E-state index contributed by atoms with van der Waals surface area (Å²) >= 11 is 0. The SMILES string of the molecule is Nc1cccc(C(F)(F)F)c1-c1ccncc1. The van der Waals surface area contributed by atoms with Gasteiger partial charge in [0.15, 0.2) is 0 Å². The van der Waals surface area contributed by atoms with Gasteiger partial charge in [0.2, 0.25) is 0 Å². The third kappa shape index (κ3) is 2.22. The first kappa shape index (κ1) is 11.4. The summed E-state index contributed by atoms with van der Waals surface area (Å²) in [5.41, 5.74) is 5.41. The smallest absolute Gasteiger partial charge is 0.398 e. The first-order valence-corrected chi connectivity index (χ1v) is 4.86. The molecule has 0 bridgehead atoms. The molecule has 0 saturated heterocycles. The number of nitrogen functional groups attached to an aromatic ring is 1. The second-order valence-corrected chi connectivity index (χ2v) is 3.50. The van der Waals surface area contributed by atoms with Gasteiger partial charge in [0.05, 0.1) is 5.56 Å². The number of hydrogen-bond acceptors (Lipinski definition) is 2. The summed E-state index contributed by atoms with van der Waals surface area (Å²) in [5, 5.41) is 0. The molecule has 0 fully saturated rings. The normalized spacial score (nSPS) is 11.5. The van der Waals surface area contributed by atoms with Crippen LogP contribution >= 0.6 is 0 Å². The van der Waals surface area contributed by atoms with E-state index in [1.807, 2.05) is 0 Å². The first-order chi connectivity index (χ1) is 8.00. The van der Waals surface area contributed by atoms with Crippen LogP contribution in [0.5, 0.6) is 0 Å². The van der Waals surface area contributed by atoms with Crippen molar-refractivity contribution in [2.75, 3.05) is 5.73 Å². The molecular weight excluding hydrogens is 229 g/mol. The fraction of sp³-hybridized carbons (Fsp3) is 0.0833. The topological polar surface area (TPSA) is 38.9 Å². The van der Waals surface area contributed by atoms with Crippen LogP contribution in [0.25, 0.3) is 11.1 Å². The van der Waals surface area contributed by atoms with E-state index in [2.05, 4.69) is 4.98 Å². The van der Waals surface area contributed by atoms with Crippen molar-refractivity contribution in [2.45, 2.75) is 6.18 Å². The van der Waals surface area contributed by atoms with Crippen LogP contribution in [-0.4, -0.2) is 4.98 Å². The summed E-state index contributed by atoms with van der Waals surface area (Å²) in [5.74, 6) is 0. The molecule has 0 aliphatic carbocycles. The van der Waals surface area contributed by atoms with Crippen LogP contribution in [0.4, 0.5) is 18.9 Å². The quantitative estimate of drug-likeness (QED) is 0.774. The number of aromatic nitrogens is 1. The molecule has 0 aliphatic rings. The lowest BCUT2D eigenvalue weighted by Gasteiger charge is -2.14. The van der Waals surface area contributed by atoms with Gasteiger partial charge in [0.1, 0.15) is 0 Å². The Hall–Kier alpha value is -2.04. The van der Waals surface area contributed by atoms with Crippen LogP contribution in [0, 0.1) is 0 Å². The predicted molar refractivity (Wildman–Crippen MR) is 59.1 cm³/mol. The average Bonchev–Trinajstić information content (AvgIpc) is 2.28. The number of pyridine rings is 1. The van der Waals surface area contributed by atoms with Crippen molar-refractivity contribution < 1.29 is 13.2 Å². The number of anilines is 1. The molecule has 0 unspecified atom stereocenters. The molecular formula is C12H9F3N2. The van der Waals surface area contributed by atoms with Gasteiger partial charge in [-0.3, -0.25) is 4.98 Å². The van der Waals surface area contributed by atoms with Crippen LogP contribution in [0.3, 0.4) is 0 Å². The lowest BCUT2D eigenvalue weighted by molar-refractivity contribution is -0.137. The molecule has 1 aromatic carbocycles. The largest absolute Gasteiger partial charge is 0.417 e. The molecule has 0 saturated carbocycles. The van der Waals surface area contributed by atoms with Gasteiger partial charge in [-0.15, -0.1) is 0 Å². The van der Waals surface area contributed by atoms with Gasteiger partial charge in [-0.05, 0) is 29.8 Å². The Morgan fingerprint density at radius 2 is 1.65 bits per heavy atom. The zero-order valence-electron chi connectivity index (χ0n) is 8.70. The summed E-state index contributed by atoms with van der Waals surface area (Å²) in [6.45, 7) is 0. The number of nitrogens with two attached hydrogens (primary N) is 1. The number of rotatable bonds is 1. The van der Waals surface area contributed by atoms with E-state index in [-0.39, 0.29) is 11.3 Å². The van der Waals surface area contributed by atoms with E-state index in [1.54, 1.807) is 0 Å². The number of alkyl halides is 3. The maximum Gasteiger partial charge on any atom is 0.417 e. The fourth-order valence-corrected chi connectivity index (χ4v) is 1.65. The first-order valence-electron chi connectivity index (χ1n) is 4.86. The van der Waals surface area contributed by atoms with E-state index < -0.39 is 11.7 Å². The molecule has 0 aliphatic heterocycles. The van der Waals surface area contributed by atoms with E-state index >= 15 is 0 Å². The Morgan fingerprint density at radius 3 is 2.24 bits per heavy atom. The Kier molecular flexibility index (Phi) is 2.75. The predicted octanol–water partition coefficient (Wildman–Crippen LogP) is 3.35. The molecule has 5 heteroatoms. The molecule has 2 nitrogen and oxygen atoms in total. The maximum atomic E-state index is 12.8. The van der Waals surface area contributed by atoms with Crippen molar-refractivity contribution in [1.29, 1.82) is 0 Å². The van der Waals surface area contributed by atoms with Crippen molar-refractivity contribution in [2.24, 2.45) is 0 Å². The summed E-state index contributed by atoms with van der Waals surface area (Å²) in [4.78, 5) is 3.77. The van der Waals surface area contributed by atoms with Gasteiger partial charge in [0, 0.05) is 23.6 Å². The Balaban J connectivity index is 2.69. The van der Waals surface area contributed by atoms with Crippen molar-refractivity contribution in [3.63, 3.8) is 0 Å². The number of hydrogen-bond donors (Lipinski definition) is 1. The zero-order chi connectivity index (χ0) is 12.5. The fourth-order valence-electron chi connectivity index (χ4n) is 1.65. The molecule has 88 valence electrons. The van der Waals surface area contributed by atoms with Gasteiger partial charge < -0.3 is 5.73 Å². The molecule has 17 heavy (non-hydrogen) atoms. The zero-order valence-corrected chi connectivity index (χ0v) is 8.70. The summed E-state index contributed by atoms with van der Waals surface area (Å²) in [6, 6.07) is 6.77. The molecule has 0 amide bonds. The monoisotopic (exact) mass is 238 g/mol. The molecule has 0 spiro atoms. The Bertz CT molecular complexity index is 521. The number of nitrogens with zero attached hydrogens (tertiary/aromatic N) is 1. The van der Waals surface area contributed by atoms with Crippen LogP contribution in [0.15, 0.2) is 42.7 Å². The molecule has 2 N–H and O–H groups in total. The Morgan fingerprint density at radius 1 is 1.00 bits per heavy atom. The highest BCUT2D eigenvalue weighted by Crippen LogP contribution is 2.39. The molecule has 0 radical (unpaired) electrons. The van der Waals surface area contributed by atoms with Crippen molar-refractivity contribution >= 4 is 5.69 Å². The summed E-state index contributed by atoms with van der Waals surface area (Å²) in [6.07, 6.45) is -1.56. The minimum atomic E-state index is -4.42. The number of halogens is 3. The van der Waals surface area contributed by atoms with Gasteiger partial charge in [-0.25, -0.2) is 0 Å². The highest BCUT2D eigenvalue weighted by atomic mass is 19.4. The lowest BCUT2D eigenvalue weighted by Crippen LogP contribution is -2.08. The molecule has 2 aromatic rings. The van der Waals surface area contributed by atoms with E-state index in [0.717, 1.165) is 6.07 Å². The van der Waals surface area contributed by atoms with Crippen LogP contribution in [0.2, 0.25) is 0 Å². The third-order valence-electron chi connectivity index (χ3n) is 2.37. The Labute approximate surface area is 95.9 Å². The third-order valence-corrected chi connectivity index (χ3v) is 2.37. The minimum absolute atomic E-state index is 0.00222. The molecule has 1 heterocycles. The van der Waals surface area contributed by atoms with Crippen molar-refractivity contribution in [3.8, 4) is 11.1 Å². The van der Waals surface area contributed by atoms with Gasteiger partial charge >= 0.3 is 6.18 Å². The summed E-state index contributed by atoms with van der Waals surface area (Å²) in [7, 11) is 0. The van der Waals surface area contributed by atoms with Crippen LogP contribution in [0.1, 0.15) is 5.56 Å². The van der Waals surface area contributed by atoms with Crippen LogP contribution in [-0.2, 0) is 6.18 Å². The second kappa shape index (κ2) is 4.08. The standard InChI is InChI=1S/C12H9F3N2/c13-12(14,15)9-2-1-3-10(16)11(9)8-4-6-17-7-5-8/h1-7H,16H2. The van der Waals surface area contributed by atoms with Gasteiger partial charge in [-0.1, -0.05) is 6.07 Å². The second-order valence-electron chi connectivity index (χ2n) is 3.50. The van der Waals surface area contributed by atoms with E-state index in [9.17, 15) is 13.2 Å². The van der Waals surface area contributed by atoms with E-state index in [1.165, 1.54) is 36.7 Å². The molecule has 1 aromatic heterocycles. The van der Waals surface area contributed by atoms with Gasteiger partial charge in [0.25, 0.3) is 0 Å². The molecule has 0 atom stereocenters.